The molecule has 0 bridgehead atoms. The molecule has 14 heavy (non-hydrogen) atoms. The maximum Gasteiger partial charge on any atom is 0.358 e. The summed E-state index contributed by atoms with van der Waals surface area (Å²) >= 11 is 43.2. The van der Waals surface area contributed by atoms with Crippen LogP contribution in [-0.4, -0.2) is 22.9 Å². The summed E-state index contributed by atoms with van der Waals surface area (Å²) in [7, 11) is 0. The number of halogens is 8. The summed E-state index contributed by atoms with van der Waals surface area (Å²) in [5.74, 6) is 0.447. The first kappa shape index (κ1) is 19.1. The Labute approximate surface area is 124 Å². The normalized spacial score (nSPS) is 14.4. The van der Waals surface area contributed by atoms with E-state index in [4.69, 9.17) is 89.7 Å². The Morgan fingerprint density at radius 3 is 1.29 bits per heavy atom. The molecule has 0 aliphatic carbocycles. The lowest BCUT2D eigenvalue weighted by molar-refractivity contribution is 1.36. The van der Waals surface area contributed by atoms with Gasteiger partial charge in [0.05, 0.1) is 5.00 Å². The van der Waals surface area contributed by atoms with Crippen molar-refractivity contribution in [2.45, 2.75) is 18.0 Å². The van der Waals surface area contributed by atoms with Crippen molar-refractivity contribution in [3.63, 3.8) is 0 Å². The summed E-state index contributed by atoms with van der Waals surface area (Å²) in [4.78, 5) is 0. The number of alkyl halides is 2. The van der Waals surface area contributed by atoms with Crippen molar-refractivity contribution >= 4 is 102 Å². The van der Waals surface area contributed by atoms with Crippen LogP contribution in [-0.2, 0) is 0 Å². The lowest BCUT2D eigenvalue weighted by Gasteiger charge is -2.07. The molecule has 0 N–H and O–H groups in total. The molecule has 88 valence electrons. The third-order valence-electron chi connectivity index (χ3n) is 0.829. The van der Waals surface area contributed by atoms with Crippen LogP contribution >= 0.6 is 89.7 Å². The molecule has 0 heterocycles. The van der Waals surface area contributed by atoms with Crippen molar-refractivity contribution in [2.24, 2.45) is 0 Å². The van der Waals surface area contributed by atoms with Gasteiger partial charge in [0, 0.05) is 5.88 Å². The van der Waals surface area contributed by atoms with Gasteiger partial charge in [0.2, 0.25) is 0 Å². The first-order valence-electron chi connectivity index (χ1n) is 3.34. The molecule has 0 aromatic carbocycles. The van der Waals surface area contributed by atoms with Crippen LogP contribution in [0.4, 0.5) is 0 Å². The van der Waals surface area contributed by atoms with E-state index in [2.05, 4.69) is 0 Å². The van der Waals surface area contributed by atoms with E-state index in [-0.39, 0.29) is 5.00 Å². The second-order valence-electron chi connectivity index (χ2n) is 2.21. The Balaban J connectivity index is 0. The molecule has 0 aromatic rings. The van der Waals surface area contributed by atoms with Gasteiger partial charge in [-0.25, -0.2) is 0 Å². The van der Waals surface area contributed by atoms with Crippen LogP contribution in [0.2, 0.25) is 6.04 Å². The van der Waals surface area contributed by atoms with Gasteiger partial charge in [-0.15, -0.1) is 89.7 Å². The fraction of sp³-hybridized carbons (Fsp3) is 1.00. The molecule has 1 unspecified atom stereocenters. The van der Waals surface area contributed by atoms with Gasteiger partial charge in [-0.1, -0.05) is 0 Å². The van der Waals surface area contributed by atoms with E-state index >= 15 is 0 Å². The Hall–Kier alpha value is 2.75. The minimum Gasteiger partial charge on any atom is -0.127 e. The SMILES string of the molecule is CC(Cl)[Si](Cl)(Cl)Cl.ClCC[Si](Cl)(Cl)Cl. The van der Waals surface area contributed by atoms with Crippen LogP contribution in [0.3, 0.4) is 0 Å². The van der Waals surface area contributed by atoms with Gasteiger partial charge in [0.1, 0.15) is 0 Å². The van der Waals surface area contributed by atoms with Gasteiger partial charge in [0.15, 0.2) is 0 Å². The minimum atomic E-state index is -2.55. The van der Waals surface area contributed by atoms with E-state index in [1.54, 1.807) is 6.92 Å². The summed E-state index contributed by atoms with van der Waals surface area (Å²) in [5, 5.41) is -0.294. The first-order valence-corrected chi connectivity index (χ1v) is 14.7. The highest BCUT2D eigenvalue weighted by molar-refractivity contribution is 7.66. The molecule has 0 aliphatic heterocycles. The molecule has 0 rings (SSSR count). The van der Waals surface area contributed by atoms with Crippen LogP contribution in [0.15, 0.2) is 0 Å². The van der Waals surface area contributed by atoms with Crippen molar-refractivity contribution in [3.05, 3.63) is 0 Å². The maximum atomic E-state index is 5.42. The molecule has 0 saturated heterocycles. The standard InChI is InChI=1S/2C2H4Cl4Si/c1-2(3)7(4,5)6;3-1-2-7(4,5)6/h2H,1H3;1-2H2. The summed E-state index contributed by atoms with van der Waals surface area (Å²) < 4.78 is 0. The predicted octanol–water partition coefficient (Wildman–Crippen LogP) is 5.69. The highest BCUT2D eigenvalue weighted by Crippen LogP contribution is 2.27. The Bertz CT molecular complexity index is 137. The summed E-state index contributed by atoms with van der Waals surface area (Å²) in [6.45, 7) is 1.68. The molecule has 0 saturated carbocycles. The van der Waals surface area contributed by atoms with E-state index in [0.717, 1.165) is 0 Å². The van der Waals surface area contributed by atoms with Crippen LogP contribution in [0.5, 0.6) is 0 Å². The van der Waals surface area contributed by atoms with Crippen LogP contribution in [0.1, 0.15) is 6.92 Å². The largest absolute Gasteiger partial charge is 0.358 e. The summed E-state index contributed by atoms with van der Waals surface area (Å²) in [5.41, 5.74) is 0. The zero-order valence-electron chi connectivity index (χ0n) is 7.02. The molecular weight excluding hydrogens is 388 g/mol. The van der Waals surface area contributed by atoms with Crippen molar-refractivity contribution in [2.75, 3.05) is 5.88 Å². The monoisotopic (exact) mass is 392 g/mol. The zero-order chi connectivity index (χ0) is 12.0. The van der Waals surface area contributed by atoms with Crippen molar-refractivity contribution < 1.29 is 0 Å². The van der Waals surface area contributed by atoms with Gasteiger partial charge in [-0.05, 0) is 13.0 Å². The van der Waals surface area contributed by atoms with Gasteiger partial charge in [-0.2, -0.15) is 0 Å². The molecule has 0 nitrogen and oxygen atoms in total. The Morgan fingerprint density at radius 2 is 1.29 bits per heavy atom. The molecule has 0 amide bonds. The maximum absolute atomic E-state index is 5.42. The van der Waals surface area contributed by atoms with Crippen molar-refractivity contribution in [1.82, 2.24) is 0 Å². The van der Waals surface area contributed by atoms with E-state index in [0.29, 0.717) is 11.9 Å². The zero-order valence-corrected chi connectivity index (χ0v) is 15.1. The molecular formula is C4H8Cl8Si2. The third-order valence-corrected chi connectivity index (χ3v) is 9.69. The topological polar surface area (TPSA) is 0 Å². The van der Waals surface area contributed by atoms with E-state index < -0.39 is 12.0 Å². The first-order chi connectivity index (χ1) is 6.00. The van der Waals surface area contributed by atoms with Gasteiger partial charge < -0.3 is 0 Å². The summed E-state index contributed by atoms with van der Waals surface area (Å²) in [6.07, 6.45) is 0. The van der Waals surface area contributed by atoms with E-state index in [9.17, 15) is 0 Å². The molecule has 1 atom stereocenters. The fourth-order valence-corrected chi connectivity index (χ4v) is 2.89. The van der Waals surface area contributed by atoms with Gasteiger partial charge >= 0.3 is 12.0 Å². The van der Waals surface area contributed by atoms with E-state index in [1.807, 2.05) is 0 Å². The Kier molecular flexibility index (Phi) is 12.0. The molecule has 10 heteroatoms. The average molecular weight is 396 g/mol. The molecule has 0 aromatic heterocycles. The Morgan fingerprint density at radius 1 is 1.00 bits per heavy atom. The summed E-state index contributed by atoms with van der Waals surface area (Å²) in [6, 6.07) is -4.38. The van der Waals surface area contributed by atoms with Gasteiger partial charge in [0.25, 0.3) is 0 Å². The van der Waals surface area contributed by atoms with Crippen LogP contribution < -0.4 is 0 Å². The second-order valence-corrected chi connectivity index (χ2v) is 21.9. The van der Waals surface area contributed by atoms with Gasteiger partial charge in [-0.3, -0.25) is 0 Å². The van der Waals surface area contributed by atoms with Crippen LogP contribution in [0.25, 0.3) is 0 Å². The smallest absolute Gasteiger partial charge is 0.127 e. The predicted molar refractivity (Wildman–Crippen MR) is 77.5 cm³/mol. The third kappa shape index (κ3) is 17.2. The number of rotatable bonds is 3. The number of hydrogen-bond acceptors (Lipinski definition) is 0. The second kappa shape index (κ2) is 8.79. The average Bonchev–Trinajstić information content (AvgIpc) is 1.82. The molecule has 0 fully saturated rings. The molecule has 0 radical (unpaired) electrons. The minimum absolute atomic E-state index is 0.294. The molecule has 0 spiro atoms. The fourth-order valence-electron chi connectivity index (χ4n) is 0.107. The quantitative estimate of drug-likeness (QED) is 0.327. The lowest BCUT2D eigenvalue weighted by atomic mass is 11.0. The van der Waals surface area contributed by atoms with Crippen LogP contribution in [0, 0.1) is 0 Å². The number of hydrogen-bond donors (Lipinski definition) is 0. The highest BCUT2D eigenvalue weighted by atomic mass is 35.8. The molecule has 0 aliphatic rings. The van der Waals surface area contributed by atoms with Crippen molar-refractivity contribution in [1.29, 1.82) is 0 Å². The van der Waals surface area contributed by atoms with E-state index in [1.165, 1.54) is 0 Å². The lowest BCUT2D eigenvalue weighted by Crippen LogP contribution is -2.22. The van der Waals surface area contributed by atoms with Crippen molar-refractivity contribution in [3.8, 4) is 0 Å². The highest BCUT2D eigenvalue weighted by Gasteiger charge is 2.31.